The second-order valence-electron chi connectivity index (χ2n) is 18.2. The monoisotopic (exact) mass is 1080 g/mol. The fourth-order valence-electron chi connectivity index (χ4n) is 6.89. The molecular weight excluding hydrogens is 1020 g/mol. The number of ether oxygens (including phenoxy) is 2. The van der Waals surface area contributed by atoms with E-state index in [4.69, 9.17) is 9.47 Å². The maximum absolute atomic E-state index is 14.7. The number of sulfone groups is 2. The molecule has 394 valence electrons. The van der Waals surface area contributed by atoms with Crippen LogP contribution in [0.5, 0.6) is 0 Å². The number of halogens is 5. The number of carbonyl (C=O) groups excluding carboxylic acids is 2. The highest BCUT2D eigenvalue weighted by Crippen LogP contribution is 2.41. The molecule has 24 heteroatoms. The Bertz CT molecular complexity index is 2800. The maximum Gasteiger partial charge on any atom is 0.410 e. The van der Waals surface area contributed by atoms with Crippen LogP contribution in [0.2, 0.25) is 0 Å². The van der Waals surface area contributed by atoms with Crippen LogP contribution in [0.15, 0.2) is 129 Å². The SMILES string of the molecule is C.CC(C)(C)OC(=O)N1CCC(C(F)(F)S(=O)(=O)c2cccc(F)c2)CC1.CC(C)(C)OC(=O)N1CCC(CS(=O)(=O)c2cccc(F)c2)CC1.O=S(=O)(c1ccccc1)N(F)S(=O)(=O)c1ccccc1. The van der Waals surface area contributed by atoms with Gasteiger partial charge in [0.2, 0.25) is 9.84 Å². The van der Waals surface area contributed by atoms with Gasteiger partial charge >= 0.3 is 17.4 Å². The number of likely N-dealkylation sites (tertiary alicyclic amines) is 2. The van der Waals surface area contributed by atoms with E-state index in [-0.39, 0.29) is 56.0 Å². The van der Waals surface area contributed by atoms with Crippen LogP contribution in [0.3, 0.4) is 0 Å². The first-order chi connectivity index (χ1) is 32.3. The number of carbonyl (C=O) groups is 2. The van der Waals surface area contributed by atoms with Crippen LogP contribution in [0.25, 0.3) is 0 Å². The van der Waals surface area contributed by atoms with Crippen molar-refractivity contribution in [3.63, 3.8) is 0 Å². The lowest BCUT2D eigenvalue weighted by Gasteiger charge is -2.36. The van der Waals surface area contributed by atoms with Gasteiger partial charge in [-0.3, -0.25) is 0 Å². The van der Waals surface area contributed by atoms with Gasteiger partial charge in [0.15, 0.2) is 9.84 Å². The van der Waals surface area contributed by atoms with Crippen LogP contribution in [0.4, 0.5) is 31.6 Å². The van der Waals surface area contributed by atoms with Crippen LogP contribution in [0.1, 0.15) is 74.7 Å². The molecule has 2 aliphatic heterocycles. The molecule has 2 aliphatic rings. The first-order valence-corrected chi connectivity index (χ1v) is 27.7. The molecule has 0 spiro atoms. The Labute approximate surface area is 413 Å². The summed E-state index contributed by atoms with van der Waals surface area (Å²) in [6, 6.07) is 21.7. The summed E-state index contributed by atoms with van der Waals surface area (Å²) >= 11 is 0. The molecule has 0 aliphatic carbocycles. The van der Waals surface area contributed by atoms with Crippen molar-refractivity contribution >= 4 is 51.9 Å². The Morgan fingerprint density at radius 2 is 0.915 bits per heavy atom. The van der Waals surface area contributed by atoms with Crippen molar-refractivity contribution in [2.75, 3.05) is 31.9 Å². The molecule has 2 saturated heterocycles. The molecule has 0 N–H and O–H groups in total. The molecule has 0 atom stereocenters. The summed E-state index contributed by atoms with van der Waals surface area (Å²) in [5.41, 5.74) is -1.26. The second-order valence-corrected chi connectivity index (χ2v) is 26.0. The number of hydrogen-bond acceptors (Lipinski definition) is 12. The minimum atomic E-state index is -5.04. The Morgan fingerprint density at radius 3 is 1.30 bits per heavy atom. The summed E-state index contributed by atoms with van der Waals surface area (Å²) < 4.78 is 176. The second kappa shape index (κ2) is 24.0. The maximum atomic E-state index is 14.7. The van der Waals surface area contributed by atoms with Crippen molar-refractivity contribution in [3.8, 4) is 0 Å². The van der Waals surface area contributed by atoms with Crippen molar-refractivity contribution in [3.05, 3.63) is 121 Å². The van der Waals surface area contributed by atoms with Crippen molar-refractivity contribution in [1.82, 2.24) is 13.7 Å². The van der Waals surface area contributed by atoms with Crippen molar-refractivity contribution in [2.45, 2.75) is 111 Å². The summed E-state index contributed by atoms with van der Waals surface area (Å²) in [5, 5.41) is -4.05. The number of amides is 2. The zero-order valence-corrected chi connectivity index (χ0v) is 42.4. The van der Waals surface area contributed by atoms with E-state index in [0.29, 0.717) is 32.0 Å². The normalized spacial score (nSPS) is 15.5. The Kier molecular flexibility index (Phi) is 20.4. The van der Waals surface area contributed by atoms with Gasteiger partial charge in [0.05, 0.1) is 29.3 Å². The zero-order chi connectivity index (χ0) is 52.5. The summed E-state index contributed by atoms with van der Waals surface area (Å²) in [4.78, 5) is 25.3. The van der Waals surface area contributed by atoms with Gasteiger partial charge in [-0.2, -0.15) is 8.78 Å². The number of alkyl halides is 2. The van der Waals surface area contributed by atoms with Crippen molar-refractivity contribution in [2.24, 2.45) is 11.8 Å². The van der Waals surface area contributed by atoms with E-state index in [2.05, 4.69) is 0 Å². The third-order valence-corrected chi connectivity index (χ3v) is 17.9. The molecule has 2 amide bonds. The summed E-state index contributed by atoms with van der Waals surface area (Å²) in [6.45, 7) is 11.4. The summed E-state index contributed by atoms with van der Waals surface area (Å²) in [7, 11) is -18.1. The summed E-state index contributed by atoms with van der Waals surface area (Å²) in [5.74, 6) is -3.00. The molecule has 15 nitrogen and oxygen atoms in total. The lowest BCUT2D eigenvalue weighted by atomic mass is 9.97. The molecule has 71 heavy (non-hydrogen) atoms. The Hall–Kier alpha value is -5.17. The number of rotatable bonds is 10. The standard InChI is InChI=1S/C17H22F3NO4S.C17H24FNO4S.C12H10FNO4S2.CH4/c1-16(2,3)25-15(22)21-9-7-12(8-10-21)17(19,20)26(23,24)14-6-4-5-13(18)11-14;1-17(2,3)23-16(20)19-9-7-13(8-10-19)12-24(21,22)15-6-4-5-14(18)11-15;13-14(19(15,16)11-7-3-1-4-8-11)20(17,18)12-9-5-2-6-10-12;/h4-6,11-12H,7-10H2,1-3H3;4-6,11,13H,7-10,12H2,1-3H3;1-10H;1H4. The predicted octanol–water partition coefficient (Wildman–Crippen LogP) is 9.67. The average Bonchev–Trinajstić information content (AvgIpc) is 3.28. The van der Waals surface area contributed by atoms with Gasteiger partial charge < -0.3 is 19.3 Å². The van der Waals surface area contributed by atoms with Crippen LogP contribution in [0, 0.1) is 23.5 Å². The Balaban J connectivity index is 0.000000282. The van der Waals surface area contributed by atoms with Gasteiger partial charge in [-0.25, -0.2) is 52.0 Å². The lowest BCUT2D eigenvalue weighted by Crippen LogP contribution is -2.47. The van der Waals surface area contributed by atoms with Crippen molar-refractivity contribution < 1.29 is 74.8 Å². The van der Waals surface area contributed by atoms with E-state index >= 15 is 0 Å². The molecule has 6 rings (SSSR count). The van der Waals surface area contributed by atoms with E-state index in [1.54, 1.807) is 25.7 Å². The van der Waals surface area contributed by atoms with Crippen LogP contribution in [-0.2, 0) is 49.2 Å². The molecule has 0 bridgehead atoms. The van der Waals surface area contributed by atoms with Crippen LogP contribution in [-0.4, -0.2) is 108 Å². The molecule has 2 heterocycles. The van der Waals surface area contributed by atoms with Crippen molar-refractivity contribution in [1.29, 1.82) is 0 Å². The highest BCUT2D eigenvalue weighted by atomic mass is 32.3. The Morgan fingerprint density at radius 1 is 0.563 bits per heavy atom. The number of hydrogen-bond donors (Lipinski definition) is 0. The molecular formula is C47H60F5N3O12S4. The minimum absolute atomic E-state index is 0. The van der Waals surface area contributed by atoms with E-state index in [9.17, 15) is 65.3 Å². The third-order valence-electron chi connectivity index (χ3n) is 10.4. The highest BCUT2D eigenvalue weighted by molar-refractivity contribution is 8.03. The van der Waals surface area contributed by atoms with E-state index in [1.807, 2.05) is 20.8 Å². The quantitative estimate of drug-likeness (QED) is 0.108. The largest absolute Gasteiger partial charge is 0.444 e. The topological polar surface area (TPSA) is 199 Å². The van der Waals surface area contributed by atoms with E-state index in [1.165, 1.54) is 59.5 Å². The lowest BCUT2D eigenvalue weighted by molar-refractivity contribution is -0.0178. The fourth-order valence-corrected chi connectivity index (χ4v) is 13.0. The number of benzene rings is 4. The highest BCUT2D eigenvalue weighted by Gasteiger charge is 2.53. The zero-order valence-electron chi connectivity index (χ0n) is 39.2. The number of sulfonamides is 2. The molecule has 2 fully saturated rings. The van der Waals surface area contributed by atoms with E-state index in [0.717, 1.165) is 48.5 Å². The molecule has 4 aromatic rings. The number of nitrogens with zero attached hydrogens (tertiary/aromatic N) is 3. The average molecular weight is 1080 g/mol. The van der Waals surface area contributed by atoms with E-state index < -0.39 is 98.4 Å². The first-order valence-electron chi connectivity index (χ1n) is 21.7. The molecule has 0 aromatic heterocycles. The van der Waals surface area contributed by atoms with Crippen LogP contribution >= 0.6 is 0 Å². The smallest absolute Gasteiger partial charge is 0.410 e. The van der Waals surface area contributed by atoms with Gasteiger partial charge in [-0.15, -0.1) is 4.48 Å². The molecule has 0 unspecified atom stereocenters. The van der Waals surface area contributed by atoms with Gasteiger partial charge in [-0.1, -0.05) is 56.0 Å². The fraction of sp³-hybridized carbons (Fsp3) is 0.447. The first kappa shape index (κ1) is 60.1. The van der Waals surface area contributed by atoms with Gasteiger partial charge in [-0.05, 0) is 134 Å². The van der Waals surface area contributed by atoms with Crippen LogP contribution < -0.4 is 0 Å². The molecule has 0 radical (unpaired) electrons. The molecule has 4 aromatic carbocycles. The van der Waals surface area contributed by atoms with Gasteiger partial charge in [0.1, 0.15) is 22.8 Å². The predicted molar refractivity (Wildman–Crippen MR) is 255 cm³/mol. The van der Waals surface area contributed by atoms with Gasteiger partial charge in [0, 0.05) is 32.1 Å². The summed E-state index contributed by atoms with van der Waals surface area (Å²) in [6.07, 6.45) is -0.190. The molecule has 0 saturated carbocycles. The third kappa shape index (κ3) is 16.4. The number of piperidine rings is 2. The minimum Gasteiger partial charge on any atom is -0.444 e. The van der Waals surface area contributed by atoms with Gasteiger partial charge in [0.25, 0.3) is 20.0 Å².